The normalized spacial score (nSPS) is 19.0. The third-order valence-electron chi connectivity index (χ3n) is 3.72. The predicted molar refractivity (Wildman–Crippen MR) is 86.2 cm³/mol. The summed E-state index contributed by atoms with van der Waals surface area (Å²) in [5, 5.41) is 0. The summed E-state index contributed by atoms with van der Waals surface area (Å²) in [4.78, 5) is 4.81. The number of piperazine rings is 1. The Morgan fingerprint density at radius 3 is 2.65 bits per heavy atom. The number of benzene rings is 1. The van der Waals surface area contributed by atoms with Crippen molar-refractivity contribution >= 4 is 15.9 Å². The van der Waals surface area contributed by atoms with Gasteiger partial charge in [-0.1, -0.05) is 15.9 Å². The van der Waals surface area contributed by atoms with Crippen LogP contribution in [-0.2, 0) is 0 Å². The summed E-state index contributed by atoms with van der Waals surface area (Å²) in [6, 6.07) is 6.01. The molecule has 1 atom stereocenters. The van der Waals surface area contributed by atoms with Crippen LogP contribution in [0.5, 0.6) is 5.75 Å². The van der Waals surface area contributed by atoms with Crippen molar-refractivity contribution in [1.82, 2.24) is 9.80 Å². The number of hydrogen-bond donors (Lipinski definition) is 1. The molecule has 1 saturated heterocycles. The van der Waals surface area contributed by atoms with Crippen molar-refractivity contribution < 1.29 is 4.74 Å². The maximum atomic E-state index is 6.00. The topological polar surface area (TPSA) is 41.7 Å². The molecule has 1 aliphatic heterocycles. The van der Waals surface area contributed by atoms with Gasteiger partial charge in [0.2, 0.25) is 0 Å². The minimum absolute atomic E-state index is 0.0221. The molecule has 0 aliphatic carbocycles. The summed E-state index contributed by atoms with van der Waals surface area (Å²) in [6.45, 7) is 8.20. The largest absolute Gasteiger partial charge is 0.492 e. The van der Waals surface area contributed by atoms with Crippen LogP contribution in [0.25, 0.3) is 0 Å². The lowest BCUT2D eigenvalue weighted by Gasteiger charge is -2.32. The highest BCUT2D eigenvalue weighted by Gasteiger charge is 2.14. The van der Waals surface area contributed by atoms with Crippen LogP contribution in [-0.4, -0.2) is 56.2 Å². The van der Waals surface area contributed by atoms with Gasteiger partial charge in [0.15, 0.2) is 0 Å². The molecule has 2 rings (SSSR count). The highest BCUT2D eigenvalue weighted by molar-refractivity contribution is 9.10. The maximum absolute atomic E-state index is 6.00. The van der Waals surface area contributed by atoms with Gasteiger partial charge in [-0.2, -0.15) is 0 Å². The fourth-order valence-electron chi connectivity index (χ4n) is 2.36. The zero-order chi connectivity index (χ0) is 14.5. The Morgan fingerprint density at radius 1 is 1.30 bits per heavy atom. The van der Waals surface area contributed by atoms with Gasteiger partial charge in [0.1, 0.15) is 12.4 Å². The summed E-state index contributed by atoms with van der Waals surface area (Å²) in [5.41, 5.74) is 7.05. The molecule has 1 fully saturated rings. The van der Waals surface area contributed by atoms with Gasteiger partial charge in [-0.3, -0.25) is 4.90 Å². The Hall–Kier alpha value is -0.620. The zero-order valence-electron chi connectivity index (χ0n) is 12.3. The number of rotatable bonds is 5. The minimum Gasteiger partial charge on any atom is -0.492 e. The second-order valence-electron chi connectivity index (χ2n) is 5.46. The van der Waals surface area contributed by atoms with Gasteiger partial charge in [0.05, 0.1) is 0 Å². The van der Waals surface area contributed by atoms with Crippen LogP contribution in [0.1, 0.15) is 18.5 Å². The third-order valence-corrected chi connectivity index (χ3v) is 4.22. The molecule has 2 N–H and O–H groups in total. The number of nitrogens with zero attached hydrogens (tertiary/aromatic N) is 2. The number of hydrogen-bond acceptors (Lipinski definition) is 4. The number of nitrogens with two attached hydrogens (primary N) is 1. The van der Waals surface area contributed by atoms with E-state index in [1.807, 2.05) is 25.1 Å². The zero-order valence-corrected chi connectivity index (χ0v) is 13.9. The molecule has 0 bridgehead atoms. The Kier molecular flexibility index (Phi) is 5.84. The first kappa shape index (κ1) is 15.8. The lowest BCUT2D eigenvalue weighted by molar-refractivity contribution is 0.133. The van der Waals surface area contributed by atoms with Gasteiger partial charge in [0.25, 0.3) is 0 Å². The second kappa shape index (κ2) is 7.41. The molecule has 1 aliphatic rings. The quantitative estimate of drug-likeness (QED) is 0.890. The fourth-order valence-corrected chi connectivity index (χ4v) is 2.74. The van der Waals surface area contributed by atoms with Crippen LogP contribution in [0, 0.1) is 0 Å². The van der Waals surface area contributed by atoms with E-state index in [1.165, 1.54) is 0 Å². The van der Waals surface area contributed by atoms with Crippen molar-refractivity contribution in [3.63, 3.8) is 0 Å². The summed E-state index contributed by atoms with van der Waals surface area (Å²) in [5.74, 6) is 0.900. The molecule has 20 heavy (non-hydrogen) atoms. The van der Waals surface area contributed by atoms with Crippen molar-refractivity contribution in [3.05, 3.63) is 28.2 Å². The number of ether oxygens (including phenoxy) is 1. The van der Waals surface area contributed by atoms with E-state index in [-0.39, 0.29) is 6.04 Å². The Labute approximate surface area is 130 Å². The molecule has 5 heteroatoms. The molecule has 1 heterocycles. The van der Waals surface area contributed by atoms with Crippen LogP contribution in [0.4, 0.5) is 0 Å². The summed E-state index contributed by atoms with van der Waals surface area (Å²) < 4.78 is 6.97. The van der Waals surface area contributed by atoms with E-state index in [0.29, 0.717) is 6.61 Å². The first-order valence-corrected chi connectivity index (χ1v) is 7.94. The van der Waals surface area contributed by atoms with Gasteiger partial charge in [0, 0.05) is 48.8 Å². The van der Waals surface area contributed by atoms with E-state index in [1.54, 1.807) is 0 Å². The van der Waals surface area contributed by atoms with Crippen LogP contribution in [0.15, 0.2) is 22.7 Å². The van der Waals surface area contributed by atoms with Gasteiger partial charge in [-0.05, 0) is 32.2 Å². The molecule has 0 radical (unpaired) electrons. The molecular formula is C15H24BrN3O. The monoisotopic (exact) mass is 341 g/mol. The van der Waals surface area contributed by atoms with E-state index >= 15 is 0 Å². The van der Waals surface area contributed by atoms with Gasteiger partial charge in [-0.25, -0.2) is 0 Å². The van der Waals surface area contributed by atoms with E-state index in [4.69, 9.17) is 10.5 Å². The Morgan fingerprint density at radius 2 is 2.00 bits per heavy atom. The SMILES string of the molecule is C[C@@H](N)c1cc(Br)ccc1OCCN1CCN(C)CC1. The summed E-state index contributed by atoms with van der Waals surface area (Å²) >= 11 is 3.48. The van der Waals surface area contributed by atoms with Gasteiger partial charge >= 0.3 is 0 Å². The van der Waals surface area contributed by atoms with Crippen LogP contribution in [0.2, 0.25) is 0 Å². The van der Waals surface area contributed by atoms with E-state index < -0.39 is 0 Å². The second-order valence-corrected chi connectivity index (χ2v) is 6.38. The smallest absolute Gasteiger partial charge is 0.124 e. The number of halogens is 1. The molecular weight excluding hydrogens is 318 g/mol. The first-order valence-electron chi connectivity index (χ1n) is 7.15. The molecule has 1 aromatic rings. The van der Waals surface area contributed by atoms with Crippen LogP contribution < -0.4 is 10.5 Å². The van der Waals surface area contributed by atoms with Gasteiger partial charge in [-0.15, -0.1) is 0 Å². The van der Waals surface area contributed by atoms with Crippen molar-refractivity contribution in [2.75, 3.05) is 46.4 Å². The average molecular weight is 342 g/mol. The Bertz CT molecular complexity index is 431. The molecule has 112 valence electrons. The van der Waals surface area contributed by atoms with Crippen molar-refractivity contribution in [2.45, 2.75) is 13.0 Å². The van der Waals surface area contributed by atoms with Crippen LogP contribution in [0.3, 0.4) is 0 Å². The average Bonchev–Trinajstić information content (AvgIpc) is 2.42. The molecule has 0 aromatic heterocycles. The molecule has 0 saturated carbocycles. The van der Waals surface area contributed by atoms with E-state index in [9.17, 15) is 0 Å². The predicted octanol–water partition coefficient (Wildman–Crippen LogP) is 2.10. The van der Waals surface area contributed by atoms with Crippen molar-refractivity contribution in [2.24, 2.45) is 5.73 Å². The molecule has 1 aromatic carbocycles. The first-order chi connectivity index (χ1) is 9.56. The fraction of sp³-hybridized carbons (Fsp3) is 0.600. The van der Waals surface area contributed by atoms with Crippen molar-refractivity contribution in [1.29, 1.82) is 0 Å². The lowest BCUT2D eigenvalue weighted by Crippen LogP contribution is -2.45. The highest BCUT2D eigenvalue weighted by atomic mass is 79.9. The molecule has 4 nitrogen and oxygen atoms in total. The summed E-state index contributed by atoms with van der Waals surface area (Å²) in [6.07, 6.45) is 0. The van der Waals surface area contributed by atoms with Gasteiger partial charge < -0.3 is 15.4 Å². The van der Waals surface area contributed by atoms with Crippen molar-refractivity contribution in [3.8, 4) is 5.75 Å². The maximum Gasteiger partial charge on any atom is 0.124 e. The standard InChI is InChI=1S/C15H24BrN3O/c1-12(17)14-11-13(16)3-4-15(14)20-10-9-19-7-5-18(2)6-8-19/h3-4,11-12H,5-10,17H2,1-2H3/t12-/m1/s1. The van der Waals surface area contributed by atoms with Crippen LogP contribution >= 0.6 is 15.9 Å². The minimum atomic E-state index is -0.0221. The Balaban J connectivity index is 1.85. The molecule has 0 unspecified atom stereocenters. The van der Waals surface area contributed by atoms with E-state index in [0.717, 1.165) is 48.5 Å². The third kappa shape index (κ3) is 4.45. The molecule has 0 spiro atoms. The number of likely N-dealkylation sites (N-methyl/N-ethyl adjacent to an activating group) is 1. The van der Waals surface area contributed by atoms with E-state index in [2.05, 4.69) is 32.8 Å². The lowest BCUT2D eigenvalue weighted by atomic mass is 10.1. The molecule has 0 amide bonds. The summed E-state index contributed by atoms with van der Waals surface area (Å²) in [7, 11) is 2.17. The highest BCUT2D eigenvalue weighted by Crippen LogP contribution is 2.27.